The Bertz CT molecular complexity index is 488. The van der Waals surface area contributed by atoms with E-state index in [0.29, 0.717) is 0 Å². The van der Waals surface area contributed by atoms with Crippen LogP contribution in [0.5, 0.6) is 0 Å². The van der Waals surface area contributed by atoms with E-state index in [1.165, 1.54) is 6.92 Å². The molecule has 0 aromatic rings. The van der Waals surface area contributed by atoms with Gasteiger partial charge < -0.3 is 9.29 Å². The summed E-state index contributed by atoms with van der Waals surface area (Å²) < 4.78 is 97.7. The number of halogens is 3. The van der Waals surface area contributed by atoms with Crippen LogP contribution in [0.25, 0.3) is 0 Å². The molecule has 12 heteroatoms. The highest BCUT2D eigenvalue weighted by molar-refractivity contribution is 7.90. The fourth-order valence-corrected chi connectivity index (χ4v) is 2.54. The fourth-order valence-electron chi connectivity index (χ4n) is 1.25. The molecule has 1 unspecified atom stereocenters. The predicted molar refractivity (Wildman–Crippen MR) is 65.0 cm³/mol. The summed E-state index contributed by atoms with van der Waals surface area (Å²) in [7, 11) is -8.47. The van der Waals surface area contributed by atoms with Crippen molar-refractivity contribution in [3.63, 3.8) is 0 Å². The highest BCUT2D eigenvalue weighted by Crippen LogP contribution is 2.25. The van der Waals surface area contributed by atoms with Crippen LogP contribution in [-0.4, -0.2) is 59.4 Å². The minimum atomic E-state index is -5.04. The monoisotopic (exact) mass is 357 g/mol. The van der Waals surface area contributed by atoms with Gasteiger partial charge in [0.25, 0.3) is 0 Å². The molecule has 0 aliphatic heterocycles. The first-order chi connectivity index (χ1) is 9.12. The zero-order valence-corrected chi connectivity index (χ0v) is 13.0. The SMILES string of the molecule is CC(CCS(C)(=O)=O)(COCC(F)(F)F)COS(=O)(=O)[O-]. The predicted octanol–water partition coefficient (Wildman–Crippen LogP) is 0.483. The van der Waals surface area contributed by atoms with Crippen molar-refractivity contribution in [2.24, 2.45) is 5.41 Å². The van der Waals surface area contributed by atoms with Crippen molar-refractivity contribution >= 4 is 20.2 Å². The van der Waals surface area contributed by atoms with Crippen molar-refractivity contribution in [2.45, 2.75) is 19.5 Å². The summed E-state index contributed by atoms with van der Waals surface area (Å²) in [6.45, 7) is -1.70. The van der Waals surface area contributed by atoms with Crippen LogP contribution in [0.2, 0.25) is 0 Å². The summed E-state index contributed by atoms with van der Waals surface area (Å²) in [5.74, 6) is -0.416. The quantitative estimate of drug-likeness (QED) is 0.436. The van der Waals surface area contributed by atoms with Crippen LogP contribution in [0, 0.1) is 5.41 Å². The molecule has 0 radical (unpaired) electrons. The van der Waals surface area contributed by atoms with E-state index in [-0.39, 0.29) is 6.42 Å². The van der Waals surface area contributed by atoms with Crippen LogP contribution in [0.1, 0.15) is 13.3 Å². The van der Waals surface area contributed by atoms with Gasteiger partial charge in [-0.1, -0.05) is 6.92 Å². The molecule has 0 bridgehead atoms. The fraction of sp³-hybridized carbons (Fsp3) is 1.00. The molecular weight excluding hydrogens is 341 g/mol. The van der Waals surface area contributed by atoms with E-state index in [0.717, 1.165) is 6.26 Å². The number of alkyl halides is 3. The van der Waals surface area contributed by atoms with Gasteiger partial charge in [-0.15, -0.1) is 0 Å². The average molecular weight is 357 g/mol. The Morgan fingerprint density at radius 1 is 1.05 bits per heavy atom. The molecular formula is C9H16F3O7S2-. The lowest BCUT2D eigenvalue weighted by atomic mass is 9.90. The summed E-state index contributed by atoms with van der Waals surface area (Å²) in [5, 5.41) is 0. The highest BCUT2D eigenvalue weighted by Gasteiger charge is 2.32. The Morgan fingerprint density at radius 3 is 1.95 bits per heavy atom. The lowest BCUT2D eigenvalue weighted by Crippen LogP contribution is -2.34. The number of ether oxygens (including phenoxy) is 1. The largest absolute Gasteiger partial charge is 0.726 e. The molecule has 0 aliphatic rings. The van der Waals surface area contributed by atoms with Crippen LogP contribution in [0.15, 0.2) is 0 Å². The topological polar surface area (TPSA) is 110 Å². The summed E-state index contributed by atoms with van der Waals surface area (Å²) >= 11 is 0. The number of rotatable bonds is 9. The first kappa shape index (κ1) is 20.6. The first-order valence-electron chi connectivity index (χ1n) is 5.54. The van der Waals surface area contributed by atoms with Gasteiger partial charge in [-0.3, -0.25) is 4.18 Å². The van der Waals surface area contributed by atoms with Gasteiger partial charge in [-0.2, -0.15) is 13.2 Å². The maximum absolute atomic E-state index is 12.0. The summed E-state index contributed by atoms with van der Waals surface area (Å²) in [6, 6.07) is 0. The minimum absolute atomic E-state index is 0.223. The zero-order chi connectivity index (χ0) is 16.9. The molecule has 128 valence electrons. The molecule has 0 aromatic heterocycles. The molecule has 0 heterocycles. The maximum Gasteiger partial charge on any atom is 0.411 e. The van der Waals surface area contributed by atoms with Crippen LogP contribution < -0.4 is 0 Å². The van der Waals surface area contributed by atoms with Crippen molar-refractivity contribution < 1.29 is 43.5 Å². The third kappa shape index (κ3) is 13.0. The smallest absolute Gasteiger partial charge is 0.411 e. The molecule has 0 fully saturated rings. The molecule has 0 amide bonds. The van der Waals surface area contributed by atoms with Gasteiger partial charge in [0, 0.05) is 11.7 Å². The standard InChI is InChI=1S/C9H17F3O7S2/c1-8(3-4-20(2,13)14,6-19-21(15,16)17)5-18-7-9(10,11)12/h3-7H2,1-2H3,(H,15,16,17)/p-1. The molecule has 0 rings (SSSR count). The van der Waals surface area contributed by atoms with Gasteiger partial charge in [0.2, 0.25) is 10.4 Å². The van der Waals surface area contributed by atoms with Crippen molar-refractivity contribution in [1.29, 1.82) is 0 Å². The van der Waals surface area contributed by atoms with E-state index in [1.54, 1.807) is 0 Å². The number of hydrogen-bond acceptors (Lipinski definition) is 7. The van der Waals surface area contributed by atoms with Gasteiger partial charge in [0.15, 0.2) is 0 Å². The van der Waals surface area contributed by atoms with Crippen LogP contribution in [0.3, 0.4) is 0 Å². The van der Waals surface area contributed by atoms with Gasteiger partial charge in [0.05, 0.1) is 19.0 Å². The number of hydrogen-bond donors (Lipinski definition) is 0. The van der Waals surface area contributed by atoms with Crippen molar-refractivity contribution in [1.82, 2.24) is 0 Å². The second-order valence-corrected chi connectivity index (χ2v) is 8.28. The molecule has 21 heavy (non-hydrogen) atoms. The van der Waals surface area contributed by atoms with E-state index in [4.69, 9.17) is 0 Å². The number of sulfone groups is 1. The molecule has 7 nitrogen and oxygen atoms in total. The van der Waals surface area contributed by atoms with Gasteiger partial charge >= 0.3 is 6.18 Å². The first-order valence-corrected chi connectivity index (χ1v) is 8.94. The maximum atomic E-state index is 12.0. The molecule has 0 N–H and O–H groups in total. The van der Waals surface area contributed by atoms with Gasteiger partial charge in [-0.05, 0) is 6.42 Å². The highest BCUT2D eigenvalue weighted by atomic mass is 32.3. The van der Waals surface area contributed by atoms with Crippen LogP contribution in [-0.2, 0) is 29.2 Å². The van der Waals surface area contributed by atoms with Crippen molar-refractivity contribution in [3.05, 3.63) is 0 Å². The van der Waals surface area contributed by atoms with E-state index in [1.807, 2.05) is 0 Å². The zero-order valence-electron chi connectivity index (χ0n) is 11.3. The van der Waals surface area contributed by atoms with Gasteiger partial charge in [-0.25, -0.2) is 16.8 Å². The summed E-state index contributed by atoms with van der Waals surface area (Å²) in [6.07, 6.45) is -3.89. The molecule has 0 saturated carbocycles. The van der Waals surface area contributed by atoms with Crippen LogP contribution >= 0.6 is 0 Å². The molecule has 1 atom stereocenters. The Morgan fingerprint density at radius 2 is 1.57 bits per heavy atom. The molecule has 0 saturated heterocycles. The second-order valence-electron chi connectivity index (χ2n) is 4.97. The van der Waals surface area contributed by atoms with Gasteiger partial charge in [0.1, 0.15) is 16.4 Å². The van der Waals surface area contributed by atoms with E-state index < -0.39 is 57.4 Å². The molecule has 0 spiro atoms. The third-order valence-corrected chi connectivity index (χ3v) is 3.70. The summed E-state index contributed by atoms with van der Waals surface area (Å²) in [4.78, 5) is 0. The van der Waals surface area contributed by atoms with Crippen LogP contribution in [0.4, 0.5) is 13.2 Å². The van der Waals surface area contributed by atoms with Crippen molar-refractivity contribution in [2.75, 3.05) is 31.8 Å². The third-order valence-electron chi connectivity index (χ3n) is 2.34. The molecule has 0 aliphatic carbocycles. The normalized spacial score (nSPS) is 16.7. The Labute approximate surface area is 121 Å². The Hall–Kier alpha value is -0.430. The Kier molecular flexibility index (Phi) is 7.07. The average Bonchev–Trinajstić information content (AvgIpc) is 2.20. The van der Waals surface area contributed by atoms with E-state index in [2.05, 4.69) is 8.92 Å². The minimum Gasteiger partial charge on any atom is -0.726 e. The van der Waals surface area contributed by atoms with E-state index >= 15 is 0 Å². The lowest BCUT2D eigenvalue weighted by molar-refractivity contribution is -0.181. The second kappa shape index (κ2) is 7.22. The van der Waals surface area contributed by atoms with Crippen molar-refractivity contribution in [3.8, 4) is 0 Å². The summed E-state index contributed by atoms with van der Waals surface area (Å²) in [5.41, 5.74) is -1.37. The molecule has 0 aromatic carbocycles. The Balaban J connectivity index is 4.73. The lowest BCUT2D eigenvalue weighted by Gasteiger charge is -2.29. The van der Waals surface area contributed by atoms with E-state index in [9.17, 15) is 34.6 Å².